The molecule has 7 nitrogen and oxygen atoms in total. The molecule has 2 aromatic rings. The van der Waals surface area contributed by atoms with Gasteiger partial charge in [0.2, 0.25) is 10.0 Å². The highest BCUT2D eigenvalue weighted by Crippen LogP contribution is 2.37. The molecule has 0 amide bonds. The minimum Gasteiger partial charge on any atom is -0.477 e. The number of nitrogens with zero attached hydrogens (tertiary/aromatic N) is 2. The average Bonchev–Trinajstić information content (AvgIpc) is 2.94. The fourth-order valence-electron chi connectivity index (χ4n) is 2.72. The summed E-state index contributed by atoms with van der Waals surface area (Å²) in [6.07, 6.45) is 1.52. The Kier molecular flexibility index (Phi) is 3.66. The molecule has 1 atom stereocenters. The molecule has 0 aliphatic carbocycles. The number of likely N-dealkylation sites (N-methyl/N-ethyl adjacent to an activating group) is 1. The second-order valence-corrected chi connectivity index (χ2v) is 8.30. The Labute approximate surface area is 136 Å². The lowest BCUT2D eigenvalue weighted by molar-refractivity contribution is 0.0693. The summed E-state index contributed by atoms with van der Waals surface area (Å²) in [5.74, 6) is -1.29. The van der Waals surface area contributed by atoms with Crippen molar-refractivity contribution in [3.8, 4) is 0 Å². The Morgan fingerprint density at radius 3 is 2.74 bits per heavy atom. The van der Waals surface area contributed by atoms with Crippen LogP contribution in [0.3, 0.4) is 0 Å². The van der Waals surface area contributed by atoms with Gasteiger partial charge in [-0.15, -0.1) is 11.3 Å². The summed E-state index contributed by atoms with van der Waals surface area (Å²) >= 11 is 1.25. The maximum atomic E-state index is 12.5. The topological polar surface area (TPSA) is 96.7 Å². The molecule has 0 radical (unpaired) electrons. The van der Waals surface area contributed by atoms with Crippen molar-refractivity contribution < 1.29 is 18.3 Å². The third-order valence-electron chi connectivity index (χ3n) is 3.96. The average molecular weight is 354 g/mol. The maximum absolute atomic E-state index is 12.5. The van der Waals surface area contributed by atoms with E-state index < -0.39 is 27.6 Å². The van der Waals surface area contributed by atoms with Crippen molar-refractivity contribution in [2.75, 3.05) is 13.6 Å². The predicted molar refractivity (Wildman–Crippen MR) is 84.7 cm³/mol. The first-order chi connectivity index (χ1) is 10.7. The molecule has 0 saturated heterocycles. The molecular formula is C14H14N2O5S2. The van der Waals surface area contributed by atoms with Gasteiger partial charge >= 0.3 is 5.97 Å². The number of thiophene rings is 1. The van der Waals surface area contributed by atoms with Gasteiger partial charge in [-0.25, -0.2) is 13.2 Å². The zero-order valence-electron chi connectivity index (χ0n) is 12.4. The van der Waals surface area contributed by atoms with E-state index in [1.165, 1.54) is 39.5 Å². The van der Waals surface area contributed by atoms with Crippen molar-refractivity contribution in [2.45, 2.75) is 17.9 Å². The molecule has 0 saturated carbocycles. The highest BCUT2D eigenvalue weighted by atomic mass is 32.2. The number of aromatic nitrogens is 1. The van der Waals surface area contributed by atoms with Crippen LogP contribution >= 0.6 is 11.3 Å². The number of carboxylic acid groups (broad SMARTS) is 1. The van der Waals surface area contributed by atoms with Gasteiger partial charge in [-0.3, -0.25) is 4.79 Å². The van der Waals surface area contributed by atoms with Gasteiger partial charge in [0.25, 0.3) is 5.56 Å². The van der Waals surface area contributed by atoms with Gasteiger partial charge in [-0.2, -0.15) is 4.31 Å². The monoisotopic (exact) mass is 354 g/mol. The minimum absolute atomic E-state index is 0.0812. The van der Waals surface area contributed by atoms with Gasteiger partial charge in [0.1, 0.15) is 5.56 Å². The third kappa shape index (κ3) is 2.32. The maximum Gasteiger partial charge on any atom is 0.341 e. The van der Waals surface area contributed by atoms with Crippen molar-refractivity contribution >= 4 is 27.3 Å². The third-order valence-corrected chi connectivity index (χ3v) is 6.98. The van der Waals surface area contributed by atoms with Crippen molar-refractivity contribution in [2.24, 2.45) is 0 Å². The lowest BCUT2D eigenvalue weighted by atomic mass is 10.1. The van der Waals surface area contributed by atoms with E-state index in [9.17, 15) is 23.1 Å². The molecule has 1 aliphatic heterocycles. The molecule has 0 bridgehead atoms. The normalized spacial score (nSPS) is 20.2. The summed E-state index contributed by atoms with van der Waals surface area (Å²) in [6.45, 7) is 1.64. The Morgan fingerprint density at radius 1 is 1.39 bits per heavy atom. The van der Waals surface area contributed by atoms with E-state index in [1.807, 2.05) is 0 Å². The van der Waals surface area contributed by atoms with E-state index in [1.54, 1.807) is 18.4 Å². The smallest absolute Gasteiger partial charge is 0.341 e. The number of rotatable bonds is 2. The van der Waals surface area contributed by atoms with Crippen LogP contribution in [0.5, 0.6) is 0 Å². The molecule has 9 heteroatoms. The van der Waals surface area contributed by atoms with Crippen LogP contribution < -0.4 is 5.56 Å². The first kappa shape index (κ1) is 15.9. The van der Waals surface area contributed by atoms with Crippen molar-refractivity contribution in [1.82, 2.24) is 8.87 Å². The molecule has 1 aliphatic rings. The lowest BCUT2D eigenvalue weighted by Crippen LogP contribution is -2.42. The van der Waals surface area contributed by atoms with E-state index in [0.29, 0.717) is 10.4 Å². The van der Waals surface area contributed by atoms with Crippen LogP contribution in [0.1, 0.15) is 26.8 Å². The fourth-order valence-corrected chi connectivity index (χ4v) is 5.45. The summed E-state index contributed by atoms with van der Waals surface area (Å²) in [5.41, 5.74) is -0.543. The van der Waals surface area contributed by atoms with E-state index in [0.717, 1.165) is 0 Å². The van der Waals surface area contributed by atoms with Crippen LogP contribution in [-0.2, 0) is 10.0 Å². The highest BCUT2D eigenvalue weighted by molar-refractivity contribution is 7.89. The van der Waals surface area contributed by atoms with E-state index in [-0.39, 0.29) is 17.0 Å². The van der Waals surface area contributed by atoms with Gasteiger partial charge in [0.15, 0.2) is 0 Å². The second-order valence-electron chi connectivity index (χ2n) is 5.34. The van der Waals surface area contributed by atoms with Crippen LogP contribution in [0.25, 0.3) is 0 Å². The summed E-state index contributed by atoms with van der Waals surface area (Å²) < 4.78 is 27.1. The Bertz CT molecular complexity index is 958. The summed E-state index contributed by atoms with van der Waals surface area (Å²) in [4.78, 5) is 24.6. The first-order valence-electron chi connectivity index (χ1n) is 6.74. The number of fused-ring (bicyclic) bond motifs is 1. The number of aromatic carboxylic acids is 1. The molecule has 0 aromatic carbocycles. The van der Waals surface area contributed by atoms with E-state index in [4.69, 9.17) is 0 Å². The molecule has 122 valence electrons. The van der Waals surface area contributed by atoms with Crippen LogP contribution in [0, 0.1) is 6.92 Å². The highest BCUT2D eigenvalue weighted by Gasteiger charge is 2.37. The van der Waals surface area contributed by atoms with Crippen LogP contribution in [0.2, 0.25) is 0 Å². The number of carboxylic acids is 1. The van der Waals surface area contributed by atoms with E-state index in [2.05, 4.69) is 0 Å². The van der Waals surface area contributed by atoms with Crippen molar-refractivity contribution in [1.29, 1.82) is 0 Å². The minimum atomic E-state index is -3.55. The summed E-state index contributed by atoms with van der Waals surface area (Å²) in [7, 11) is -2.11. The van der Waals surface area contributed by atoms with Crippen LogP contribution in [-0.4, -0.2) is 42.0 Å². The van der Waals surface area contributed by atoms with Gasteiger partial charge in [-0.05, 0) is 30.0 Å². The first-order valence-corrected chi connectivity index (χ1v) is 9.06. The van der Waals surface area contributed by atoms with Crippen LogP contribution in [0.15, 0.2) is 33.4 Å². The number of aryl methyl sites for hydroxylation is 1. The molecule has 3 rings (SSSR count). The SMILES string of the molecule is Cc1ccn(C2CN(C)S(=O)(=O)c3ccsc32)c(=O)c1C(=O)O. The summed E-state index contributed by atoms with van der Waals surface area (Å²) in [5, 5.41) is 10.9. The molecular weight excluding hydrogens is 340 g/mol. The Morgan fingerprint density at radius 2 is 2.09 bits per heavy atom. The molecule has 2 aromatic heterocycles. The fraction of sp³-hybridized carbons (Fsp3) is 0.286. The second kappa shape index (κ2) is 5.29. The van der Waals surface area contributed by atoms with Gasteiger partial charge in [0, 0.05) is 24.7 Å². The lowest BCUT2D eigenvalue weighted by Gasteiger charge is -2.30. The van der Waals surface area contributed by atoms with Gasteiger partial charge in [-0.1, -0.05) is 0 Å². The van der Waals surface area contributed by atoms with Crippen LogP contribution in [0.4, 0.5) is 0 Å². The van der Waals surface area contributed by atoms with Gasteiger partial charge < -0.3 is 9.67 Å². The molecule has 1 unspecified atom stereocenters. The number of sulfonamides is 1. The molecule has 0 fully saturated rings. The molecule has 0 spiro atoms. The quantitative estimate of drug-likeness (QED) is 0.872. The molecule has 1 N–H and O–H groups in total. The number of carbonyl (C=O) groups is 1. The van der Waals surface area contributed by atoms with Crippen molar-refractivity contribution in [3.05, 3.63) is 50.1 Å². The largest absolute Gasteiger partial charge is 0.477 e. The van der Waals surface area contributed by atoms with E-state index >= 15 is 0 Å². The Balaban J connectivity index is 2.24. The number of hydrogen-bond acceptors (Lipinski definition) is 5. The van der Waals surface area contributed by atoms with Gasteiger partial charge in [0.05, 0.1) is 10.9 Å². The zero-order valence-corrected chi connectivity index (χ0v) is 14.0. The zero-order chi connectivity index (χ0) is 16.9. The molecule has 23 heavy (non-hydrogen) atoms. The van der Waals surface area contributed by atoms with Crippen molar-refractivity contribution in [3.63, 3.8) is 0 Å². The number of pyridine rings is 1. The predicted octanol–water partition coefficient (Wildman–Crippen LogP) is 1.14. The molecule has 3 heterocycles. The summed E-state index contributed by atoms with van der Waals surface area (Å²) in [6, 6.07) is 2.53. The Hall–Kier alpha value is -1.97. The standard InChI is InChI=1S/C14H14N2O5S2/c1-8-3-5-16(13(17)11(8)14(18)19)9-7-15(2)23(20,21)10-4-6-22-12(9)10/h3-6,9H,7H2,1-2H3,(H,18,19). The number of hydrogen-bond donors (Lipinski definition) is 1.